The van der Waals surface area contributed by atoms with Crippen molar-refractivity contribution < 1.29 is 4.79 Å². The average Bonchev–Trinajstić information content (AvgIpc) is 2.62. The summed E-state index contributed by atoms with van der Waals surface area (Å²) in [5.41, 5.74) is 0. The molecular formula is C12H20N2O. The second kappa shape index (κ2) is 4.79. The fourth-order valence-corrected chi connectivity index (χ4v) is 2.80. The third-order valence-electron chi connectivity index (χ3n) is 3.50. The summed E-state index contributed by atoms with van der Waals surface area (Å²) >= 11 is 0. The Morgan fingerprint density at radius 1 is 1.33 bits per heavy atom. The molecular weight excluding hydrogens is 188 g/mol. The van der Waals surface area contributed by atoms with Gasteiger partial charge in [0.15, 0.2) is 0 Å². The van der Waals surface area contributed by atoms with Gasteiger partial charge in [-0.15, -0.1) is 0 Å². The first-order chi connectivity index (χ1) is 7.31. The van der Waals surface area contributed by atoms with Crippen molar-refractivity contribution in [3.05, 3.63) is 12.2 Å². The van der Waals surface area contributed by atoms with Gasteiger partial charge in [0.1, 0.15) is 0 Å². The van der Waals surface area contributed by atoms with Crippen molar-refractivity contribution in [3.63, 3.8) is 0 Å². The molecule has 2 atom stereocenters. The second-order valence-corrected chi connectivity index (χ2v) is 4.50. The summed E-state index contributed by atoms with van der Waals surface area (Å²) in [6, 6.07) is 0.988. The van der Waals surface area contributed by atoms with Crippen LogP contribution in [0.2, 0.25) is 0 Å². The van der Waals surface area contributed by atoms with E-state index >= 15 is 0 Å². The highest BCUT2D eigenvalue weighted by atomic mass is 16.1. The van der Waals surface area contributed by atoms with Crippen molar-refractivity contribution in [2.45, 2.75) is 44.7 Å². The minimum Gasteiger partial charge on any atom is -0.348 e. The topological polar surface area (TPSA) is 32.3 Å². The van der Waals surface area contributed by atoms with E-state index in [1.54, 1.807) is 12.2 Å². The van der Waals surface area contributed by atoms with Crippen LogP contribution in [-0.2, 0) is 4.79 Å². The van der Waals surface area contributed by atoms with Gasteiger partial charge in [0.2, 0.25) is 5.91 Å². The van der Waals surface area contributed by atoms with E-state index in [1.807, 2.05) is 6.92 Å². The van der Waals surface area contributed by atoms with Crippen molar-refractivity contribution in [1.29, 1.82) is 0 Å². The monoisotopic (exact) mass is 208 g/mol. The molecule has 1 amide bonds. The third-order valence-corrected chi connectivity index (χ3v) is 3.50. The number of nitrogens with one attached hydrogen (secondary N) is 1. The number of carbonyl (C=O) groups excluding carboxylic acids is 1. The predicted octanol–water partition coefficient (Wildman–Crippen LogP) is 1.31. The smallest absolute Gasteiger partial charge is 0.243 e. The Kier molecular flexibility index (Phi) is 3.41. The van der Waals surface area contributed by atoms with Crippen LogP contribution in [0.1, 0.15) is 32.6 Å². The van der Waals surface area contributed by atoms with Gasteiger partial charge in [-0.3, -0.25) is 9.69 Å². The Morgan fingerprint density at radius 3 is 3.00 bits per heavy atom. The van der Waals surface area contributed by atoms with Gasteiger partial charge in [0.25, 0.3) is 0 Å². The number of hydrogen-bond donors (Lipinski definition) is 1. The average molecular weight is 208 g/mol. The normalized spacial score (nSPS) is 31.8. The number of piperidine rings is 1. The summed E-state index contributed by atoms with van der Waals surface area (Å²) in [5, 5.41) is 3.11. The summed E-state index contributed by atoms with van der Waals surface area (Å²) in [5.74, 6) is 0.0647. The number of allylic oxidation sites excluding steroid dienone is 1. The quantitative estimate of drug-likeness (QED) is 0.694. The van der Waals surface area contributed by atoms with Crippen LogP contribution in [0, 0.1) is 0 Å². The van der Waals surface area contributed by atoms with Gasteiger partial charge in [-0.25, -0.2) is 0 Å². The molecule has 84 valence electrons. The van der Waals surface area contributed by atoms with Gasteiger partial charge < -0.3 is 5.32 Å². The Balaban J connectivity index is 1.90. The summed E-state index contributed by atoms with van der Waals surface area (Å²) in [6.45, 7) is 4.26. The lowest BCUT2D eigenvalue weighted by Gasteiger charge is -2.32. The fraction of sp³-hybridized carbons (Fsp3) is 0.750. The molecule has 0 radical (unpaired) electrons. The molecule has 2 rings (SSSR count). The Labute approximate surface area is 91.5 Å². The van der Waals surface area contributed by atoms with Gasteiger partial charge in [-0.05, 0) is 38.8 Å². The highest BCUT2D eigenvalue weighted by molar-refractivity contribution is 5.87. The highest BCUT2D eigenvalue weighted by Gasteiger charge is 2.35. The number of carbonyl (C=O) groups is 1. The van der Waals surface area contributed by atoms with Crippen LogP contribution >= 0.6 is 0 Å². The zero-order valence-corrected chi connectivity index (χ0v) is 9.41. The SMILES string of the molecule is CC=CC(=O)NC1CCN2CCCCC12. The fourth-order valence-electron chi connectivity index (χ4n) is 2.80. The lowest BCUT2D eigenvalue weighted by Crippen LogP contribution is -2.46. The minimum absolute atomic E-state index is 0.0647. The van der Waals surface area contributed by atoms with Crippen LogP contribution in [0.25, 0.3) is 0 Å². The molecule has 3 nitrogen and oxygen atoms in total. The van der Waals surface area contributed by atoms with Crippen LogP contribution in [-0.4, -0.2) is 36.0 Å². The second-order valence-electron chi connectivity index (χ2n) is 4.50. The zero-order chi connectivity index (χ0) is 10.7. The first-order valence-corrected chi connectivity index (χ1v) is 5.98. The molecule has 2 saturated heterocycles. The molecule has 0 saturated carbocycles. The highest BCUT2D eigenvalue weighted by Crippen LogP contribution is 2.26. The third kappa shape index (κ3) is 2.40. The summed E-state index contributed by atoms with van der Waals surface area (Å²) < 4.78 is 0. The van der Waals surface area contributed by atoms with Crippen molar-refractivity contribution in [2.24, 2.45) is 0 Å². The maximum atomic E-state index is 11.5. The number of nitrogens with zero attached hydrogens (tertiary/aromatic N) is 1. The van der Waals surface area contributed by atoms with Crippen LogP contribution < -0.4 is 5.32 Å². The standard InChI is InChI=1S/C12H20N2O/c1-2-5-12(15)13-10-7-9-14-8-4-3-6-11(10)14/h2,5,10-11H,3-4,6-9H2,1H3,(H,13,15). The molecule has 2 aliphatic rings. The maximum Gasteiger partial charge on any atom is 0.243 e. The molecule has 2 heterocycles. The number of hydrogen-bond acceptors (Lipinski definition) is 2. The molecule has 3 heteroatoms. The van der Waals surface area contributed by atoms with Crippen LogP contribution in [0.5, 0.6) is 0 Å². The van der Waals surface area contributed by atoms with E-state index in [-0.39, 0.29) is 5.91 Å². The largest absolute Gasteiger partial charge is 0.348 e. The van der Waals surface area contributed by atoms with E-state index in [2.05, 4.69) is 10.2 Å². The Bertz CT molecular complexity index is 262. The molecule has 2 unspecified atom stereocenters. The molecule has 0 bridgehead atoms. The molecule has 0 aliphatic carbocycles. The molecule has 2 aliphatic heterocycles. The van der Waals surface area contributed by atoms with Crippen molar-refractivity contribution in [3.8, 4) is 0 Å². The summed E-state index contributed by atoms with van der Waals surface area (Å²) in [6.07, 6.45) is 8.42. The van der Waals surface area contributed by atoms with E-state index in [4.69, 9.17) is 0 Å². The molecule has 0 aromatic heterocycles. The lowest BCUT2D eigenvalue weighted by atomic mass is 9.99. The van der Waals surface area contributed by atoms with Crippen LogP contribution in [0.15, 0.2) is 12.2 Å². The van der Waals surface area contributed by atoms with E-state index in [9.17, 15) is 4.79 Å². The summed E-state index contributed by atoms with van der Waals surface area (Å²) in [4.78, 5) is 14.0. The van der Waals surface area contributed by atoms with Crippen molar-refractivity contribution in [1.82, 2.24) is 10.2 Å². The minimum atomic E-state index is 0.0647. The molecule has 0 aromatic carbocycles. The molecule has 2 fully saturated rings. The van der Waals surface area contributed by atoms with E-state index in [0.29, 0.717) is 12.1 Å². The molecule has 15 heavy (non-hydrogen) atoms. The van der Waals surface area contributed by atoms with Gasteiger partial charge in [-0.1, -0.05) is 12.5 Å². The first-order valence-electron chi connectivity index (χ1n) is 5.98. The van der Waals surface area contributed by atoms with Gasteiger partial charge in [-0.2, -0.15) is 0 Å². The first kappa shape index (κ1) is 10.7. The van der Waals surface area contributed by atoms with E-state index < -0.39 is 0 Å². The van der Waals surface area contributed by atoms with Crippen LogP contribution in [0.4, 0.5) is 0 Å². The van der Waals surface area contributed by atoms with E-state index in [1.165, 1.54) is 25.8 Å². The van der Waals surface area contributed by atoms with Gasteiger partial charge in [0, 0.05) is 18.6 Å². The zero-order valence-electron chi connectivity index (χ0n) is 9.41. The van der Waals surface area contributed by atoms with E-state index in [0.717, 1.165) is 13.0 Å². The molecule has 1 N–H and O–H groups in total. The molecule has 0 spiro atoms. The molecule has 0 aromatic rings. The van der Waals surface area contributed by atoms with Gasteiger partial charge in [0.05, 0.1) is 0 Å². The Hall–Kier alpha value is -0.830. The number of fused-ring (bicyclic) bond motifs is 1. The van der Waals surface area contributed by atoms with Crippen molar-refractivity contribution in [2.75, 3.05) is 13.1 Å². The van der Waals surface area contributed by atoms with Crippen molar-refractivity contribution >= 4 is 5.91 Å². The maximum absolute atomic E-state index is 11.5. The van der Waals surface area contributed by atoms with Crippen LogP contribution in [0.3, 0.4) is 0 Å². The number of rotatable bonds is 2. The lowest BCUT2D eigenvalue weighted by molar-refractivity contribution is -0.117. The Morgan fingerprint density at radius 2 is 2.20 bits per heavy atom. The predicted molar refractivity (Wildman–Crippen MR) is 60.6 cm³/mol. The summed E-state index contributed by atoms with van der Waals surface area (Å²) in [7, 11) is 0. The van der Waals surface area contributed by atoms with Gasteiger partial charge >= 0.3 is 0 Å². The number of amides is 1.